The summed E-state index contributed by atoms with van der Waals surface area (Å²) in [7, 11) is 0. The first-order valence-electron chi connectivity index (χ1n) is 14.7. The second-order valence-corrected chi connectivity index (χ2v) is 18.1. The minimum absolute atomic E-state index is 0.139. The maximum absolute atomic E-state index is 16.3. The molecule has 4 aliphatic rings. The van der Waals surface area contributed by atoms with Crippen molar-refractivity contribution in [1.82, 2.24) is 0 Å². The van der Waals surface area contributed by atoms with Crippen molar-refractivity contribution in [1.29, 1.82) is 0 Å². The second kappa shape index (κ2) is 10.6. The molecule has 0 N–H and O–H groups in total. The average Bonchev–Trinajstić information content (AvgIpc) is 3.83. The Hall–Kier alpha value is -2.22. The second-order valence-electron chi connectivity index (χ2n) is 12.3. The number of hydrogen-bond donors (Lipinski definition) is 2. The highest BCUT2D eigenvalue weighted by atomic mass is 32.2. The minimum atomic E-state index is -5.62. The summed E-state index contributed by atoms with van der Waals surface area (Å²) in [5.74, 6) is -15.8. The van der Waals surface area contributed by atoms with E-state index in [1.54, 1.807) is 26.2 Å². The predicted molar refractivity (Wildman–Crippen MR) is 195 cm³/mol. The molecule has 0 nitrogen and oxygen atoms in total. The highest BCUT2D eigenvalue weighted by Crippen LogP contribution is 2.79. The van der Waals surface area contributed by atoms with E-state index in [1.165, 1.54) is 46.2 Å². The van der Waals surface area contributed by atoms with Gasteiger partial charge < -0.3 is 0 Å². The molecule has 2 aromatic carbocycles. The van der Waals surface area contributed by atoms with Crippen LogP contribution in [0, 0.1) is 0 Å². The summed E-state index contributed by atoms with van der Waals surface area (Å²) in [6.45, 7) is 4.89. The Morgan fingerprint density at radius 2 is 1.17 bits per heavy atom. The Morgan fingerprint density at radius 1 is 0.625 bits per heavy atom. The zero-order valence-corrected chi connectivity index (χ0v) is 30.4. The molecule has 0 spiro atoms. The molecular formula is C36H24F6S6. The Balaban J connectivity index is 1.44. The Morgan fingerprint density at radius 3 is 1.77 bits per heavy atom. The largest absolute Gasteiger partial charge is 0.380 e. The van der Waals surface area contributed by atoms with E-state index in [0.717, 1.165) is 35.5 Å². The molecule has 246 valence electrons. The average molecular weight is 763 g/mol. The molecule has 4 heterocycles. The number of halogens is 6. The monoisotopic (exact) mass is 762 g/mol. The first-order valence-corrected chi connectivity index (χ1v) is 19.0. The van der Waals surface area contributed by atoms with Crippen molar-refractivity contribution in [2.24, 2.45) is 0 Å². The van der Waals surface area contributed by atoms with Gasteiger partial charge in [0.2, 0.25) is 0 Å². The van der Waals surface area contributed by atoms with Crippen molar-refractivity contribution in [3.05, 3.63) is 121 Å². The van der Waals surface area contributed by atoms with Crippen LogP contribution in [0.2, 0.25) is 0 Å². The number of allylic oxidation sites excluding steroid dienone is 4. The van der Waals surface area contributed by atoms with Crippen molar-refractivity contribution in [2.45, 2.75) is 57.8 Å². The molecule has 2 aliphatic carbocycles. The van der Waals surface area contributed by atoms with Gasteiger partial charge in [-0.15, -0.1) is 71.5 Å². The molecule has 0 radical (unpaired) electrons. The van der Waals surface area contributed by atoms with Crippen LogP contribution in [0.3, 0.4) is 0 Å². The van der Waals surface area contributed by atoms with Crippen LogP contribution < -0.4 is 0 Å². The Bertz CT molecular complexity index is 2200. The van der Waals surface area contributed by atoms with E-state index in [0.29, 0.717) is 15.4 Å². The van der Waals surface area contributed by atoms with E-state index >= 15 is 26.3 Å². The van der Waals surface area contributed by atoms with Gasteiger partial charge in [0.15, 0.2) is 0 Å². The number of hydrogen-bond acceptors (Lipinski definition) is 6. The lowest BCUT2D eigenvalue weighted by atomic mass is 9.67. The molecule has 0 amide bonds. The van der Waals surface area contributed by atoms with Crippen LogP contribution in [0.1, 0.15) is 30.5 Å². The van der Waals surface area contributed by atoms with Gasteiger partial charge in [0, 0.05) is 45.4 Å². The lowest BCUT2D eigenvalue weighted by molar-refractivity contribution is -0.258. The number of thiophene rings is 2. The molecule has 2 aromatic heterocycles. The maximum atomic E-state index is 16.3. The SMILES string of the molecule is CC1=CS[C@]2(C)C1=C1C(=C3C(C)=C(c4ccc(-c5cccc(S)c5)s4)S[C@]32c2ccc(-c3cccc(S)c3)s2)C(F)(F)C(F)(F)C1(F)F. The van der Waals surface area contributed by atoms with Crippen LogP contribution >= 0.6 is 71.5 Å². The summed E-state index contributed by atoms with van der Waals surface area (Å²) in [6, 6.07) is 22.6. The molecule has 1 fully saturated rings. The number of fused-ring (bicyclic) bond motifs is 4. The first-order chi connectivity index (χ1) is 22.6. The van der Waals surface area contributed by atoms with E-state index in [1.807, 2.05) is 72.8 Å². The highest BCUT2D eigenvalue weighted by molar-refractivity contribution is 8.12. The van der Waals surface area contributed by atoms with Crippen LogP contribution in [0.15, 0.2) is 121 Å². The minimum Gasteiger partial charge on any atom is -0.194 e. The molecule has 8 rings (SSSR count). The van der Waals surface area contributed by atoms with Gasteiger partial charge in [-0.3, -0.25) is 0 Å². The van der Waals surface area contributed by atoms with Crippen molar-refractivity contribution in [3.8, 4) is 20.9 Å². The normalized spacial score (nSPS) is 26.6. The predicted octanol–water partition coefficient (Wildman–Crippen LogP) is 13.0. The number of thiol groups is 2. The molecule has 1 saturated carbocycles. The topological polar surface area (TPSA) is 0 Å². The van der Waals surface area contributed by atoms with Crippen LogP contribution in [0.25, 0.3) is 25.8 Å². The highest BCUT2D eigenvalue weighted by Gasteiger charge is 2.85. The quantitative estimate of drug-likeness (QED) is 0.157. The van der Waals surface area contributed by atoms with Gasteiger partial charge in [0.1, 0.15) is 0 Å². The molecule has 2 atom stereocenters. The summed E-state index contributed by atoms with van der Waals surface area (Å²) >= 11 is 14.3. The summed E-state index contributed by atoms with van der Waals surface area (Å²) in [5.41, 5.74) is -0.414. The molecule has 2 aliphatic heterocycles. The van der Waals surface area contributed by atoms with E-state index in [-0.39, 0.29) is 16.7 Å². The van der Waals surface area contributed by atoms with Crippen molar-refractivity contribution >= 4 is 76.4 Å². The third-order valence-corrected chi connectivity index (χ3v) is 16.2. The van der Waals surface area contributed by atoms with Gasteiger partial charge in [-0.1, -0.05) is 24.3 Å². The molecule has 4 aromatic rings. The maximum Gasteiger partial charge on any atom is 0.380 e. The third-order valence-electron chi connectivity index (χ3n) is 9.55. The number of thioether (sulfide) groups is 2. The van der Waals surface area contributed by atoms with Crippen molar-refractivity contribution in [3.63, 3.8) is 0 Å². The van der Waals surface area contributed by atoms with Gasteiger partial charge >= 0.3 is 17.8 Å². The molecule has 48 heavy (non-hydrogen) atoms. The lowest BCUT2D eigenvalue weighted by Crippen LogP contribution is -2.49. The number of rotatable bonds is 4. The Kier molecular flexibility index (Phi) is 7.31. The van der Waals surface area contributed by atoms with Gasteiger partial charge in [-0.25, -0.2) is 0 Å². The smallest absolute Gasteiger partial charge is 0.194 e. The molecular weight excluding hydrogens is 739 g/mol. The summed E-state index contributed by atoms with van der Waals surface area (Å²) < 4.78 is 92.7. The third kappa shape index (κ3) is 4.10. The van der Waals surface area contributed by atoms with Gasteiger partial charge in [-0.2, -0.15) is 26.3 Å². The summed E-state index contributed by atoms with van der Waals surface area (Å²) in [6.07, 6.45) is 0. The summed E-state index contributed by atoms with van der Waals surface area (Å²) in [5, 5.41) is 1.65. The standard InChI is InChI=1S/C36H24F6S6/c1-17-16-45-32(3)27(17)29-30(35(39,40)36(41,42)34(29,37)38)28-18(2)31(25-11-10-23(46-25)19-6-4-8-21(43)14-19)48-33(28,32)26-13-12-24(47-26)20-7-5-9-22(44)15-20/h4-16,43-44H,1-3H3/t32-,33-/m1/s1. The molecule has 0 bridgehead atoms. The van der Waals surface area contributed by atoms with E-state index in [4.69, 9.17) is 0 Å². The van der Waals surface area contributed by atoms with Gasteiger partial charge in [0.25, 0.3) is 0 Å². The van der Waals surface area contributed by atoms with E-state index < -0.39 is 38.4 Å². The van der Waals surface area contributed by atoms with Crippen LogP contribution in [0.5, 0.6) is 0 Å². The fourth-order valence-electron chi connectivity index (χ4n) is 7.40. The fourth-order valence-corrected chi connectivity index (χ4v) is 13.7. The lowest BCUT2D eigenvalue weighted by Gasteiger charge is -2.49. The van der Waals surface area contributed by atoms with Crippen LogP contribution in [-0.2, 0) is 4.75 Å². The zero-order valence-electron chi connectivity index (χ0n) is 25.3. The van der Waals surface area contributed by atoms with Gasteiger partial charge in [-0.05, 0) is 108 Å². The van der Waals surface area contributed by atoms with E-state index in [2.05, 4.69) is 25.3 Å². The molecule has 12 heteroatoms. The number of benzene rings is 2. The van der Waals surface area contributed by atoms with Gasteiger partial charge in [0.05, 0.1) is 9.49 Å². The van der Waals surface area contributed by atoms with Crippen molar-refractivity contribution in [2.75, 3.05) is 0 Å². The van der Waals surface area contributed by atoms with E-state index in [9.17, 15) is 0 Å². The Labute approximate surface area is 300 Å². The van der Waals surface area contributed by atoms with Crippen molar-refractivity contribution < 1.29 is 26.3 Å². The van der Waals surface area contributed by atoms with Crippen LogP contribution in [0.4, 0.5) is 26.3 Å². The molecule has 0 saturated heterocycles. The first kappa shape index (κ1) is 33.0. The molecule has 0 unspecified atom stereocenters. The zero-order chi connectivity index (χ0) is 34.2. The van der Waals surface area contributed by atoms with Crippen LogP contribution in [-0.4, -0.2) is 22.5 Å². The number of alkyl halides is 6. The fraction of sp³-hybridized carbons (Fsp3) is 0.222. The summed E-state index contributed by atoms with van der Waals surface area (Å²) in [4.78, 5) is 5.17.